The molecule has 0 aliphatic carbocycles. The number of ether oxygens (including phenoxy) is 3. The number of amides is 6. The minimum absolute atomic E-state index is 0.0362. The van der Waals surface area contributed by atoms with Gasteiger partial charge in [0.25, 0.3) is 0 Å². The van der Waals surface area contributed by atoms with E-state index in [-0.39, 0.29) is 126 Å². The van der Waals surface area contributed by atoms with Gasteiger partial charge >= 0.3 is 0 Å². The highest BCUT2D eigenvalue weighted by molar-refractivity contribution is 6.37. The number of carbonyl (C=O) groups excluding carboxylic acids is 6. The molecule has 0 saturated carbocycles. The molecule has 28 heteroatoms. The van der Waals surface area contributed by atoms with Gasteiger partial charge in [-0.15, -0.1) is 0 Å². The molecule has 21 nitrogen and oxygen atoms in total. The van der Waals surface area contributed by atoms with E-state index in [1.54, 1.807) is 60.7 Å². The van der Waals surface area contributed by atoms with Crippen molar-refractivity contribution in [2.75, 3.05) is 34.3 Å². The van der Waals surface area contributed by atoms with E-state index in [2.05, 4.69) is 19.9 Å². The third-order valence-electron chi connectivity index (χ3n) is 15.2. The zero-order chi connectivity index (χ0) is 67.8. The summed E-state index contributed by atoms with van der Waals surface area (Å²) in [5.74, 6) is -1.18. The highest BCUT2D eigenvalue weighted by Gasteiger charge is 2.36. The molecule has 0 radical (unpaired) electrons. The predicted octanol–water partition coefficient (Wildman–Crippen LogP) is 13.7. The Bertz CT molecular complexity index is 4440. The molecule has 3 aliphatic rings. The van der Waals surface area contributed by atoms with Crippen molar-refractivity contribution in [2.45, 2.75) is 37.0 Å². The van der Waals surface area contributed by atoms with Crippen molar-refractivity contribution in [1.82, 2.24) is 19.9 Å². The van der Waals surface area contributed by atoms with Crippen LogP contribution in [0.25, 0.3) is 0 Å². The molecule has 478 valence electrons. The lowest BCUT2D eigenvalue weighted by Gasteiger charge is -2.17. The normalized spacial score (nSPS) is 15.6. The number of anilines is 3. The summed E-state index contributed by atoms with van der Waals surface area (Å²) in [7, 11) is 0. The fourth-order valence-corrected chi connectivity index (χ4v) is 11.5. The number of halogens is 7. The highest BCUT2D eigenvalue weighted by atomic mass is 35.5. The highest BCUT2D eigenvalue weighted by Crippen LogP contribution is 2.44. The molecule has 0 bridgehead atoms. The second-order valence-electron chi connectivity index (χ2n) is 21.3. The van der Waals surface area contributed by atoms with Crippen molar-refractivity contribution in [3.05, 3.63) is 239 Å². The lowest BCUT2D eigenvalue weighted by atomic mass is 9.98. The number of carbonyl (C=O) groups is 6. The maximum Gasteiger partial charge on any atom is 0.248 e. The Hall–Kier alpha value is -10.4. The van der Waals surface area contributed by atoms with Crippen molar-refractivity contribution < 1.29 is 47.4 Å². The zero-order valence-corrected chi connectivity index (χ0v) is 53.6. The van der Waals surface area contributed by atoms with E-state index in [1.807, 2.05) is 24.3 Å². The quantitative estimate of drug-likeness (QED) is 0.0859. The number of pyridine rings is 4. The Labute approximate surface area is 570 Å². The van der Waals surface area contributed by atoms with Gasteiger partial charge in [-0.1, -0.05) is 99.9 Å². The molecule has 7 heterocycles. The van der Waals surface area contributed by atoms with Gasteiger partial charge in [0.1, 0.15) is 56.9 Å². The molecule has 4 aromatic heterocycles. The van der Waals surface area contributed by atoms with Crippen molar-refractivity contribution in [1.29, 1.82) is 10.5 Å². The first-order valence-corrected chi connectivity index (χ1v) is 30.6. The molecule has 6 N–H and O–H groups in total. The van der Waals surface area contributed by atoms with E-state index >= 15 is 0 Å². The van der Waals surface area contributed by atoms with Crippen LogP contribution in [0.2, 0.25) is 30.1 Å². The smallest absolute Gasteiger partial charge is 0.248 e. The second-order valence-corrected chi connectivity index (χ2v) is 23.7. The van der Waals surface area contributed by atoms with Gasteiger partial charge in [-0.05, 0) is 114 Å². The fraction of sp³-hybridized carbons (Fsp3) is 0.134. The molecule has 3 atom stereocenters. The minimum Gasteiger partial charge on any atom is -0.453 e. The number of rotatable bonds is 15. The molecule has 9 aromatic rings. The third kappa shape index (κ3) is 15.6. The van der Waals surface area contributed by atoms with E-state index in [4.69, 9.17) is 101 Å². The van der Waals surface area contributed by atoms with Gasteiger partial charge in [0.2, 0.25) is 35.4 Å². The third-order valence-corrected chi connectivity index (χ3v) is 17.0. The maximum absolute atomic E-state index is 14.2. The molecular formula is C67H47Cl6FN12O9. The molecule has 6 amide bonds. The molecule has 0 spiro atoms. The molecule has 12 rings (SSSR count). The predicted molar refractivity (Wildman–Crippen MR) is 354 cm³/mol. The van der Waals surface area contributed by atoms with Crippen LogP contribution >= 0.6 is 69.6 Å². The average molecular weight is 1400 g/mol. The number of para-hydroxylation sites is 2. The van der Waals surface area contributed by atoms with Gasteiger partial charge in [-0.3, -0.25) is 48.5 Å². The Morgan fingerprint density at radius 2 is 0.800 bits per heavy atom. The van der Waals surface area contributed by atoms with Crippen LogP contribution in [0.5, 0.6) is 34.5 Å². The number of hydrogen-bond donors (Lipinski definition) is 3. The second kappa shape index (κ2) is 29.7. The Morgan fingerprint density at radius 3 is 1.17 bits per heavy atom. The lowest BCUT2D eigenvalue weighted by molar-refractivity contribution is -0.118. The molecule has 95 heavy (non-hydrogen) atoms. The van der Waals surface area contributed by atoms with Crippen molar-refractivity contribution in [3.63, 3.8) is 0 Å². The van der Waals surface area contributed by atoms with Crippen LogP contribution in [0.15, 0.2) is 158 Å². The lowest BCUT2D eigenvalue weighted by Crippen LogP contribution is -2.26. The van der Waals surface area contributed by atoms with Gasteiger partial charge < -0.3 is 31.4 Å². The fourth-order valence-electron chi connectivity index (χ4n) is 10.4. The van der Waals surface area contributed by atoms with Gasteiger partial charge in [-0.2, -0.15) is 10.5 Å². The molecule has 3 fully saturated rings. The maximum atomic E-state index is 14.2. The van der Waals surface area contributed by atoms with Gasteiger partial charge in [0, 0.05) is 104 Å². The Balaban J connectivity index is 0.000000155. The van der Waals surface area contributed by atoms with Crippen LogP contribution in [0, 0.1) is 28.5 Å². The zero-order valence-electron chi connectivity index (χ0n) is 49.1. The molecular weight excluding hydrogens is 1350 g/mol. The summed E-state index contributed by atoms with van der Waals surface area (Å²) < 4.78 is 31.6. The number of benzene rings is 5. The first-order chi connectivity index (χ1) is 45.6. The summed E-state index contributed by atoms with van der Waals surface area (Å²) in [5, 5.41) is 20.3. The first kappa shape index (κ1) is 67.5. The molecule has 5 aromatic carbocycles. The molecule has 0 unspecified atom stereocenters. The SMILES string of the molecule is N#Cc1cccc(Cl)c1Oc1cc([C@H]2CC(=O)N(c3cc(C(N)=O)ccn3)C2)ccc1Cl.N#Cc1cccc(F)c1Oc1cc([C@H]2CC(=O)N(c3cc(C(N)=O)ccn3)C2)ccc1Cl.NC(=O)c1ccnc(N2C[C@@H](c3ccc(Cl)c(Oc4c(Cl)cncc4Cl)c3)CC2=O)c1. The van der Waals surface area contributed by atoms with Crippen LogP contribution in [0.1, 0.15) is 95.9 Å². The van der Waals surface area contributed by atoms with Gasteiger partial charge in [0.05, 0.1) is 31.2 Å². The van der Waals surface area contributed by atoms with Crippen molar-refractivity contribution >= 4 is 123 Å². The largest absolute Gasteiger partial charge is 0.453 e. The first-order valence-electron chi connectivity index (χ1n) is 28.3. The summed E-state index contributed by atoms with van der Waals surface area (Å²) in [5.41, 5.74) is 19.5. The number of nitrogens with zero attached hydrogens (tertiary/aromatic N) is 9. The van der Waals surface area contributed by atoms with Crippen LogP contribution in [0.3, 0.4) is 0 Å². The summed E-state index contributed by atoms with van der Waals surface area (Å²) >= 11 is 37.3. The molecule has 3 aliphatic heterocycles. The number of hydrogen-bond acceptors (Lipinski definition) is 15. The van der Waals surface area contributed by atoms with Crippen LogP contribution in [-0.4, -0.2) is 75.0 Å². The average Bonchev–Trinajstić information content (AvgIpc) is 1.73. The van der Waals surface area contributed by atoms with Crippen molar-refractivity contribution in [2.24, 2.45) is 17.2 Å². The van der Waals surface area contributed by atoms with E-state index in [9.17, 15) is 43.7 Å². The number of nitrogens with two attached hydrogens (primary N) is 3. The monoisotopic (exact) mass is 1390 g/mol. The standard InChI is InChI=1S/C23H16Cl2N4O3.C23H16ClFN4O3.C21H15Cl3N4O3/c2*24-17-5-4-13(8-19(17)32-22-15(11-26)2-1-3-18(22)25)16-10-21(30)29(12-16)20-9-14(23(27)31)6-7-28-20;22-14-2-1-11(5-17(14)31-20-15(23)8-26-9-16(20)24)13-7-19(29)28(10-13)18-6-12(21(25)30)3-4-27-18/h2*1-9,16H,10,12H2,(H2,27,31);1-6,8-9,13H,7,10H2,(H2,25,30)/t2*16-;13-/m000/s1. The van der Waals surface area contributed by atoms with Crippen LogP contribution < -0.4 is 46.1 Å². The van der Waals surface area contributed by atoms with Crippen molar-refractivity contribution in [3.8, 4) is 46.6 Å². The summed E-state index contributed by atoms with van der Waals surface area (Å²) in [6, 6.07) is 37.3. The molecule has 3 saturated heterocycles. The summed E-state index contributed by atoms with van der Waals surface area (Å²) in [4.78, 5) is 93.3. The topological polar surface area (TPSA) is 317 Å². The van der Waals surface area contributed by atoms with Gasteiger partial charge in [-0.25, -0.2) is 19.3 Å². The Kier molecular flexibility index (Phi) is 21.1. The van der Waals surface area contributed by atoms with E-state index in [0.717, 1.165) is 16.7 Å². The van der Waals surface area contributed by atoms with Gasteiger partial charge in [0.15, 0.2) is 23.1 Å². The number of primary amides is 3. The van der Waals surface area contributed by atoms with Crippen LogP contribution in [0.4, 0.5) is 21.8 Å². The Morgan fingerprint density at radius 1 is 0.453 bits per heavy atom. The summed E-state index contributed by atoms with van der Waals surface area (Å²) in [6.45, 7) is 1.06. The number of nitriles is 2. The number of aromatic nitrogens is 4. The van der Waals surface area contributed by atoms with E-state index in [0.29, 0.717) is 58.6 Å². The van der Waals surface area contributed by atoms with E-state index in [1.165, 1.54) is 100 Å². The summed E-state index contributed by atoms with van der Waals surface area (Å²) in [6.07, 6.45) is 7.87. The van der Waals surface area contributed by atoms with E-state index < -0.39 is 23.5 Å². The van der Waals surface area contributed by atoms with Crippen LogP contribution in [-0.2, 0) is 14.4 Å². The minimum atomic E-state index is -0.687.